The summed E-state index contributed by atoms with van der Waals surface area (Å²) in [5, 5.41) is 11.0. The molecule has 1 amide bonds. The standard InChI is InChI=1S/C40H36ClF6N9O5S/c1-53-34-29(7-6-26(41)32(34)37(51-53)52-62(2,59)60)56-38(49-27-16-22(4-5-23(27)39(56)58)54-8-3-10-61-11-9-54)28(14-19-12-20(42)15-21(43)13-19)48-30(57)18-55-35-31(33(50-55)36(44)45)24-17-25(24)40(35,46)47/h4-7,12-13,15-16,24-25,28,36H,3,8-11,14,17-18H2,1-2H3,(H,48,57)(H,51,52)/t24-,25+,28-/m0/s1. The van der Waals surface area contributed by atoms with E-state index >= 15 is 13.6 Å². The Balaban J connectivity index is 1.24. The van der Waals surface area contributed by atoms with E-state index in [1.165, 1.54) is 23.9 Å². The molecule has 22 heteroatoms. The third-order valence-corrected chi connectivity index (χ3v) is 12.3. The fourth-order valence-electron chi connectivity index (χ4n) is 8.77. The number of ether oxygens (including phenoxy) is 1. The maximum absolute atomic E-state index is 15.5. The van der Waals surface area contributed by atoms with Gasteiger partial charge in [0.25, 0.3) is 17.9 Å². The summed E-state index contributed by atoms with van der Waals surface area (Å²) < 4.78 is 125. The van der Waals surface area contributed by atoms with Crippen LogP contribution in [0.15, 0.2) is 53.3 Å². The highest BCUT2D eigenvalue weighted by Crippen LogP contribution is 2.68. The number of alkyl halides is 4. The first-order valence-corrected chi connectivity index (χ1v) is 21.7. The highest BCUT2D eigenvalue weighted by molar-refractivity contribution is 7.92. The van der Waals surface area contributed by atoms with Crippen molar-refractivity contribution in [1.82, 2.24) is 34.4 Å². The van der Waals surface area contributed by atoms with Crippen molar-refractivity contribution in [2.24, 2.45) is 13.0 Å². The molecule has 2 aliphatic carbocycles. The highest BCUT2D eigenvalue weighted by Gasteiger charge is 2.67. The molecule has 3 atom stereocenters. The summed E-state index contributed by atoms with van der Waals surface area (Å²) in [6.45, 7) is 1.17. The summed E-state index contributed by atoms with van der Waals surface area (Å²) in [5.74, 6) is -8.91. The van der Waals surface area contributed by atoms with Crippen molar-refractivity contribution in [2.75, 3.05) is 42.2 Å². The molecular weight excluding hydrogens is 868 g/mol. The van der Waals surface area contributed by atoms with Crippen molar-refractivity contribution in [2.45, 2.75) is 50.1 Å². The molecule has 6 aromatic rings. The molecule has 0 bridgehead atoms. The van der Waals surface area contributed by atoms with Crippen LogP contribution in [0, 0.1) is 17.6 Å². The minimum atomic E-state index is -3.90. The first-order chi connectivity index (χ1) is 29.4. The van der Waals surface area contributed by atoms with E-state index in [2.05, 4.69) is 20.2 Å². The molecule has 4 heterocycles. The van der Waals surface area contributed by atoms with Gasteiger partial charge in [-0.2, -0.15) is 19.0 Å². The van der Waals surface area contributed by atoms with E-state index in [-0.39, 0.29) is 61.7 Å². The molecule has 3 aromatic carbocycles. The van der Waals surface area contributed by atoms with Crippen LogP contribution in [0.4, 0.5) is 37.8 Å². The molecule has 2 N–H and O–H groups in total. The van der Waals surface area contributed by atoms with E-state index < -0.39 is 87.7 Å². The molecule has 9 rings (SSSR count). The van der Waals surface area contributed by atoms with Gasteiger partial charge in [0, 0.05) is 56.4 Å². The number of nitrogens with zero attached hydrogens (tertiary/aromatic N) is 7. The van der Waals surface area contributed by atoms with E-state index in [1.54, 1.807) is 18.2 Å². The second-order valence-corrected chi connectivity index (χ2v) is 17.8. The van der Waals surface area contributed by atoms with Crippen LogP contribution in [0.25, 0.3) is 27.5 Å². The van der Waals surface area contributed by atoms with E-state index in [0.29, 0.717) is 42.7 Å². The maximum Gasteiger partial charge on any atom is 0.293 e. The van der Waals surface area contributed by atoms with Gasteiger partial charge in [-0.3, -0.25) is 28.2 Å². The number of hydrogen-bond acceptors (Lipinski definition) is 9. The minimum Gasteiger partial charge on any atom is -0.380 e. The summed E-state index contributed by atoms with van der Waals surface area (Å²) in [7, 11) is -2.43. The van der Waals surface area contributed by atoms with Crippen molar-refractivity contribution in [1.29, 1.82) is 0 Å². The first-order valence-electron chi connectivity index (χ1n) is 19.4. The molecule has 326 valence electrons. The average Bonchev–Trinajstić information content (AvgIpc) is 3.83. The Kier molecular flexibility index (Phi) is 10.3. The Bertz CT molecular complexity index is 2970. The summed E-state index contributed by atoms with van der Waals surface area (Å²) in [6, 6.07) is 8.94. The smallest absolute Gasteiger partial charge is 0.293 e. The number of anilines is 2. The van der Waals surface area contributed by atoms with Gasteiger partial charge in [0.05, 0.1) is 51.4 Å². The van der Waals surface area contributed by atoms with Crippen LogP contribution in [0.5, 0.6) is 0 Å². The lowest BCUT2D eigenvalue weighted by molar-refractivity contribution is -0.123. The van der Waals surface area contributed by atoms with Crippen LogP contribution in [0.2, 0.25) is 5.02 Å². The van der Waals surface area contributed by atoms with Crippen LogP contribution in [-0.2, 0) is 45.5 Å². The summed E-state index contributed by atoms with van der Waals surface area (Å²) in [5.41, 5.74) is -1.61. The van der Waals surface area contributed by atoms with Gasteiger partial charge in [0.1, 0.15) is 35.4 Å². The van der Waals surface area contributed by atoms with Gasteiger partial charge in [0.2, 0.25) is 15.9 Å². The van der Waals surface area contributed by atoms with E-state index in [9.17, 15) is 30.8 Å². The molecule has 62 heavy (non-hydrogen) atoms. The predicted molar refractivity (Wildman–Crippen MR) is 216 cm³/mol. The zero-order valence-corrected chi connectivity index (χ0v) is 34.4. The number of nitrogens with one attached hydrogen (secondary N) is 2. The topological polar surface area (TPSA) is 158 Å². The number of aryl methyl sites for hydroxylation is 1. The number of rotatable bonds is 11. The summed E-state index contributed by atoms with van der Waals surface area (Å²) >= 11 is 6.64. The molecular formula is C40H36ClF6N9O5S. The molecule has 0 spiro atoms. The maximum atomic E-state index is 15.5. The highest BCUT2D eigenvalue weighted by atomic mass is 35.5. The lowest BCUT2D eigenvalue weighted by Gasteiger charge is -2.25. The Hall–Kier alpha value is -5.67. The van der Waals surface area contributed by atoms with Gasteiger partial charge in [-0.25, -0.2) is 31.0 Å². The molecule has 0 unspecified atom stereocenters. The van der Waals surface area contributed by atoms with E-state index in [1.807, 2.05) is 4.90 Å². The zero-order valence-electron chi connectivity index (χ0n) is 32.8. The minimum absolute atomic E-state index is 0.00271. The zero-order chi connectivity index (χ0) is 44.0. The monoisotopic (exact) mass is 903 g/mol. The molecule has 3 aliphatic rings. The summed E-state index contributed by atoms with van der Waals surface area (Å²) in [4.78, 5) is 36.2. The van der Waals surface area contributed by atoms with Gasteiger partial charge in [-0.05, 0) is 66.8 Å². The number of halogens is 7. The average molecular weight is 904 g/mol. The van der Waals surface area contributed by atoms with Crippen molar-refractivity contribution in [3.63, 3.8) is 0 Å². The largest absolute Gasteiger partial charge is 0.380 e. The third kappa shape index (κ3) is 7.42. The Morgan fingerprint density at radius 3 is 2.53 bits per heavy atom. The molecule has 1 saturated heterocycles. The third-order valence-electron chi connectivity index (χ3n) is 11.4. The van der Waals surface area contributed by atoms with Gasteiger partial charge >= 0.3 is 0 Å². The first kappa shape index (κ1) is 41.7. The molecule has 1 aliphatic heterocycles. The molecule has 1 saturated carbocycles. The van der Waals surface area contributed by atoms with Crippen molar-refractivity contribution in [3.8, 4) is 5.69 Å². The van der Waals surface area contributed by atoms with Gasteiger partial charge < -0.3 is 15.0 Å². The number of aromatic nitrogens is 6. The number of amides is 1. The summed E-state index contributed by atoms with van der Waals surface area (Å²) in [6.07, 6.45) is -2.01. The Labute approximate surface area is 353 Å². The van der Waals surface area contributed by atoms with E-state index in [4.69, 9.17) is 21.3 Å². The number of benzene rings is 3. The van der Waals surface area contributed by atoms with Crippen LogP contribution in [0.1, 0.15) is 59.6 Å². The van der Waals surface area contributed by atoms with Crippen LogP contribution in [-0.4, -0.2) is 76.0 Å². The van der Waals surface area contributed by atoms with Crippen molar-refractivity contribution in [3.05, 3.63) is 104 Å². The van der Waals surface area contributed by atoms with Gasteiger partial charge in [-0.15, -0.1) is 0 Å². The Morgan fingerprint density at radius 1 is 1.05 bits per heavy atom. The number of hydrogen-bond donors (Lipinski definition) is 2. The lowest BCUT2D eigenvalue weighted by Crippen LogP contribution is -2.38. The predicted octanol–water partition coefficient (Wildman–Crippen LogP) is 6.25. The molecule has 2 fully saturated rings. The molecule has 14 nitrogen and oxygen atoms in total. The van der Waals surface area contributed by atoms with Crippen molar-refractivity contribution < 1.29 is 44.3 Å². The second kappa shape index (κ2) is 15.3. The Morgan fingerprint density at radius 2 is 1.81 bits per heavy atom. The molecule has 0 radical (unpaired) electrons. The number of fused-ring (bicyclic) bond motifs is 5. The van der Waals surface area contributed by atoms with Crippen molar-refractivity contribution >= 4 is 60.8 Å². The van der Waals surface area contributed by atoms with E-state index in [0.717, 1.165) is 29.4 Å². The fourth-order valence-corrected chi connectivity index (χ4v) is 9.51. The number of carbonyl (C=O) groups is 1. The number of carbonyl (C=O) groups excluding carboxylic acids is 1. The fraction of sp³-hybridized carbons (Fsp3) is 0.375. The molecule has 3 aromatic heterocycles. The van der Waals surface area contributed by atoms with Crippen LogP contribution < -0.4 is 20.5 Å². The normalized spacial score (nSPS) is 18.8. The van der Waals surface area contributed by atoms with Gasteiger partial charge in [-0.1, -0.05) is 11.6 Å². The van der Waals surface area contributed by atoms with Gasteiger partial charge in [0.15, 0.2) is 5.82 Å². The lowest BCUT2D eigenvalue weighted by atomic mass is 10.0. The second-order valence-electron chi connectivity index (χ2n) is 15.7. The quantitative estimate of drug-likeness (QED) is 0.144. The van der Waals surface area contributed by atoms with Crippen LogP contribution >= 0.6 is 11.6 Å². The number of sulfonamides is 1. The SMILES string of the molecule is Cn1nc(NS(C)(=O)=O)c2c(Cl)ccc(-n3c([C@H](Cc4cc(F)cc(F)c4)NC(=O)Cn4nc(C(F)F)c5c4C(F)(F)[C@@H]4C[C@H]54)nc4cc(N5CCCOCC5)ccc4c3=O)c21. The van der Waals surface area contributed by atoms with Crippen LogP contribution in [0.3, 0.4) is 0 Å².